The summed E-state index contributed by atoms with van der Waals surface area (Å²) in [5.41, 5.74) is 1.72. The first-order chi connectivity index (χ1) is 11.0. The number of amides is 1. The van der Waals surface area contributed by atoms with Gasteiger partial charge in [-0.3, -0.25) is 9.59 Å². The average molecular weight is 350 g/mol. The zero-order valence-electron chi connectivity index (χ0n) is 12.5. The summed E-state index contributed by atoms with van der Waals surface area (Å²) < 4.78 is 5.24. The summed E-state index contributed by atoms with van der Waals surface area (Å²) >= 11 is 7.37. The van der Waals surface area contributed by atoms with Crippen molar-refractivity contribution in [2.45, 2.75) is 12.7 Å². The standard InChI is InChI=1S/C17H16ClNO3S/c1-12(20)19-15-5-7-16(8-6-15)22-17(21)11-23-10-13-3-2-4-14(18)9-13/h2-9H,10-11H2,1H3,(H,19,20). The van der Waals surface area contributed by atoms with Crippen LogP contribution in [0.15, 0.2) is 48.5 Å². The van der Waals surface area contributed by atoms with Crippen LogP contribution in [-0.4, -0.2) is 17.6 Å². The molecule has 0 saturated carbocycles. The zero-order valence-corrected chi connectivity index (χ0v) is 14.1. The van der Waals surface area contributed by atoms with Crippen molar-refractivity contribution >= 4 is 40.9 Å². The third-order valence-electron chi connectivity index (χ3n) is 2.78. The first-order valence-electron chi connectivity index (χ1n) is 6.93. The van der Waals surface area contributed by atoms with Gasteiger partial charge in [-0.2, -0.15) is 0 Å². The molecule has 0 aliphatic heterocycles. The molecule has 1 amide bonds. The fraction of sp³-hybridized carbons (Fsp3) is 0.176. The number of thioether (sulfide) groups is 1. The number of carbonyl (C=O) groups excluding carboxylic acids is 2. The van der Waals surface area contributed by atoms with Gasteiger partial charge in [0.1, 0.15) is 5.75 Å². The highest BCUT2D eigenvalue weighted by Crippen LogP contribution is 2.19. The number of nitrogens with one attached hydrogen (secondary N) is 1. The van der Waals surface area contributed by atoms with E-state index < -0.39 is 0 Å². The molecular formula is C17H16ClNO3S. The van der Waals surface area contributed by atoms with Crippen molar-refractivity contribution < 1.29 is 14.3 Å². The van der Waals surface area contributed by atoms with Gasteiger partial charge < -0.3 is 10.1 Å². The van der Waals surface area contributed by atoms with Gasteiger partial charge >= 0.3 is 5.97 Å². The normalized spacial score (nSPS) is 10.2. The first kappa shape index (κ1) is 17.4. The predicted octanol–water partition coefficient (Wildman–Crippen LogP) is 4.14. The van der Waals surface area contributed by atoms with E-state index >= 15 is 0 Å². The molecule has 6 heteroatoms. The van der Waals surface area contributed by atoms with Crippen LogP contribution in [0.25, 0.3) is 0 Å². The number of esters is 1. The van der Waals surface area contributed by atoms with Crippen molar-refractivity contribution in [3.63, 3.8) is 0 Å². The maximum Gasteiger partial charge on any atom is 0.321 e. The lowest BCUT2D eigenvalue weighted by Gasteiger charge is -2.06. The number of benzene rings is 2. The number of hydrogen-bond acceptors (Lipinski definition) is 4. The van der Waals surface area contributed by atoms with E-state index in [1.807, 2.05) is 24.3 Å². The van der Waals surface area contributed by atoms with Gasteiger partial charge in [0.15, 0.2) is 0 Å². The van der Waals surface area contributed by atoms with Crippen LogP contribution in [-0.2, 0) is 15.3 Å². The van der Waals surface area contributed by atoms with Gasteiger partial charge in [-0.15, -0.1) is 11.8 Å². The number of ether oxygens (including phenoxy) is 1. The second kappa shape index (κ2) is 8.60. The molecule has 0 aliphatic rings. The highest BCUT2D eigenvalue weighted by atomic mass is 35.5. The molecule has 4 nitrogen and oxygen atoms in total. The van der Waals surface area contributed by atoms with Crippen molar-refractivity contribution in [2.24, 2.45) is 0 Å². The molecule has 0 aliphatic carbocycles. The number of carbonyl (C=O) groups is 2. The Hall–Kier alpha value is -1.98. The summed E-state index contributed by atoms with van der Waals surface area (Å²) in [5, 5.41) is 3.33. The molecule has 0 heterocycles. The molecule has 0 atom stereocenters. The minimum absolute atomic E-state index is 0.146. The van der Waals surface area contributed by atoms with Crippen LogP contribution in [0, 0.1) is 0 Å². The Morgan fingerprint density at radius 1 is 1.17 bits per heavy atom. The van der Waals surface area contributed by atoms with Crippen molar-refractivity contribution in [2.75, 3.05) is 11.1 Å². The van der Waals surface area contributed by atoms with Gasteiger partial charge in [-0.05, 0) is 42.0 Å². The number of halogens is 1. The van der Waals surface area contributed by atoms with Gasteiger partial charge in [-0.25, -0.2) is 0 Å². The lowest BCUT2D eigenvalue weighted by Crippen LogP contribution is -2.11. The molecule has 0 radical (unpaired) electrons. The molecule has 23 heavy (non-hydrogen) atoms. The summed E-state index contributed by atoms with van der Waals surface area (Å²) in [7, 11) is 0. The Kier molecular flexibility index (Phi) is 6.50. The van der Waals surface area contributed by atoms with E-state index in [4.69, 9.17) is 16.3 Å². The van der Waals surface area contributed by atoms with E-state index in [1.165, 1.54) is 18.7 Å². The van der Waals surface area contributed by atoms with Gasteiger partial charge in [0.2, 0.25) is 5.91 Å². The molecule has 0 saturated heterocycles. The number of anilines is 1. The SMILES string of the molecule is CC(=O)Nc1ccc(OC(=O)CSCc2cccc(Cl)c2)cc1. The van der Waals surface area contributed by atoms with E-state index in [0.717, 1.165) is 5.56 Å². The largest absolute Gasteiger partial charge is 0.426 e. The molecule has 120 valence electrons. The first-order valence-corrected chi connectivity index (χ1v) is 8.47. The van der Waals surface area contributed by atoms with E-state index in [2.05, 4.69) is 5.32 Å². The zero-order chi connectivity index (χ0) is 16.7. The molecule has 2 aromatic carbocycles. The predicted molar refractivity (Wildman–Crippen MR) is 94.0 cm³/mol. The average Bonchev–Trinajstić information content (AvgIpc) is 2.49. The van der Waals surface area contributed by atoms with Gasteiger partial charge in [0.05, 0.1) is 5.75 Å². The minimum Gasteiger partial charge on any atom is -0.426 e. The Balaban J connectivity index is 1.77. The number of hydrogen-bond donors (Lipinski definition) is 1. The molecule has 0 fully saturated rings. The van der Waals surface area contributed by atoms with Crippen LogP contribution in [0.3, 0.4) is 0 Å². The highest BCUT2D eigenvalue weighted by Gasteiger charge is 2.06. The van der Waals surface area contributed by atoms with E-state index in [-0.39, 0.29) is 17.6 Å². The summed E-state index contributed by atoms with van der Waals surface area (Å²) in [6.07, 6.45) is 0. The van der Waals surface area contributed by atoms with Crippen LogP contribution in [0.4, 0.5) is 5.69 Å². The Labute approximate surface area is 144 Å². The lowest BCUT2D eigenvalue weighted by atomic mass is 10.2. The van der Waals surface area contributed by atoms with Crippen LogP contribution < -0.4 is 10.1 Å². The summed E-state index contributed by atoms with van der Waals surface area (Å²) in [6, 6.07) is 14.2. The van der Waals surface area contributed by atoms with Gasteiger partial charge in [-0.1, -0.05) is 23.7 Å². The molecule has 0 unspecified atom stereocenters. The molecule has 2 aromatic rings. The monoisotopic (exact) mass is 349 g/mol. The Bertz CT molecular complexity index is 688. The summed E-state index contributed by atoms with van der Waals surface area (Å²) in [5.74, 6) is 0.931. The van der Waals surface area contributed by atoms with Gasteiger partial charge in [0, 0.05) is 23.4 Å². The second-order valence-corrected chi connectivity index (χ2v) is 6.22. The minimum atomic E-state index is -0.315. The van der Waals surface area contributed by atoms with Crippen molar-refractivity contribution in [1.82, 2.24) is 0 Å². The van der Waals surface area contributed by atoms with Crippen LogP contribution in [0.5, 0.6) is 5.75 Å². The second-order valence-electron chi connectivity index (χ2n) is 4.80. The van der Waals surface area contributed by atoms with Crippen LogP contribution >= 0.6 is 23.4 Å². The fourth-order valence-corrected chi connectivity index (χ4v) is 2.81. The Morgan fingerprint density at radius 3 is 2.57 bits per heavy atom. The van der Waals surface area contributed by atoms with Crippen molar-refractivity contribution in [3.05, 3.63) is 59.1 Å². The van der Waals surface area contributed by atoms with Gasteiger partial charge in [0.25, 0.3) is 0 Å². The molecule has 2 rings (SSSR count). The highest BCUT2D eigenvalue weighted by molar-refractivity contribution is 7.99. The van der Waals surface area contributed by atoms with Crippen LogP contribution in [0.2, 0.25) is 5.02 Å². The molecule has 1 N–H and O–H groups in total. The third-order valence-corrected chi connectivity index (χ3v) is 4.00. The lowest BCUT2D eigenvalue weighted by molar-refractivity contribution is -0.131. The summed E-state index contributed by atoms with van der Waals surface area (Å²) in [6.45, 7) is 1.44. The van der Waals surface area contributed by atoms with Crippen molar-refractivity contribution in [1.29, 1.82) is 0 Å². The molecule has 0 aromatic heterocycles. The third kappa shape index (κ3) is 6.34. The smallest absolute Gasteiger partial charge is 0.321 e. The Morgan fingerprint density at radius 2 is 1.91 bits per heavy atom. The number of rotatable bonds is 6. The van der Waals surface area contributed by atoms with E-state index in [0.29, 0.717) is 22.2 Å². The fourth-order valence-electron chi connectivity index (χ4n) is 1.85. The quantitative estimate of drug-likeness (QED) is 0.629. The van der Waals surface area contributed by atoms with Crippen LogP contribution in [0.1, 0.15) is 12.5 Å². The summed E-state index contributed by atoms with van der Waals surface area (Å²) in [4.78, 5) is 22.7. The maximum atomic E-state index is 11.8. The maximum absolute atomic E-state index is 11.8. The molecule has 0 bridgehead atoms. The topological polar surface area (TPSA) is 55.4 Å². The van der Waals surface area contributed by atoms with Crippen molar-refractivity contribution in [3.8, 4) is 5.75 Å². The van der Waals surface area contributed by atoms with E-state index in [9.17, 15) is 9.59 Å². The molecular weight excluding hydrogens is 334 g/mol. The molecule has 0 spiro atoms. The van der Waals surface area contributed by atoms with E-state index in [1.54, 1.807) is 24.3 Å².